The first-order chi connectivity index (χ1) is 11.3. The first kappa shape index (κ1) is 18.2. The van der Waals surface area contributed by atoms with Crippen molar-refractivity contribution in [3.63, 3.8) is 0 Å². The van der Waals surface area contributed by atoms with Crippen LogP contribution in [0.2, 0.25) is 5.02 Å². The Kier molecular flexibility index (Phi) is 5.77. The van der Waals surface area contributed by atoms with Gasteiger partial charge >= 0.3 is 5.97 Å². The molecule has 1 atom stereocenters. The fourth-order valence-electron chi connectivity index (χ4n) is 2.65. The van der Waals surface area contributed by atoms with E-state index in [1.807, 2.05) is 0 Å². The molecule has 2 rings (SSSR count). The van der Waals surface area contributed by atoms with Gasteiger partial charge in [-0.2, -0.15) is 0 Å². The third-order valence-electron chi connectivity index (χ3n) is 4.00. The number of carbonyl (C=O) groups excluding carboxylic acids is 2. The van der Waals surface area contributed by atoms with Gasteiger partial charge in [0.15, 0.2) is 0 Å². The molecule has 8 heteroatoms. The molecule has 1 heterocycles. The van der Waals surface area contributed by atoms with E-state index in [2.05, 4.69) is 0 Å². The van der Waals surface area contributed by atoms with Crippen molar-refractivity contribution in [3.05, 3.63) is 34.6 Å². The van der Waals surface area contributed by atoms with Crippen molar-refractivity contribution < 1.29 is 23.9 Å². The monoisotopic (exact) mass is 356 g/mol. The van der Waals surface area contributed by atoms with Crippen molar-refractivity contribution in [2.24, 2.45) is 5.92 Å². The van der Waals surface area contributed by atoms with E-state index in [0.29, 0.717) is 19.4 Å². The van der Waals surface area contributed by atoms with Crippen LogP contribution in [0.15, 0.2) is 18.2 Å². The second-order valence-corrected chi connectivity index (χ2v) is 6.24. The molecule has 0 spiro atoms. The standard InChI is InChI=1S/C16H18ClFN2O4/c1-19(15(22)12-5-4-11(17)7-13(12)18)9-14(21)20-6-2-3-10(8-20)16(23)24/h4-5,7,10H,2-3,6,8-9H2,1H3,(H,23,24). The van der Waals surface area contributed by atoms with Gasteiger partial charge in [0.25, 0.3) is 5.91 Å². The van der Waals surface area contributed by atoms with Gasteiger partial charge in [0.1, 0.15) is 5.82 Å². The van der Waals surface area contributed by atoms with E-state index < -0.39 is 23.6 Å². The largest absolute Gasteiger partial charge is 0.481 e. The SMILES string of the molecule is CN(CC(=O)N1CCCC(C(=O)O)C1)C(=O)c1ccc(Cl)cc1F. The van der Waals surface area contributed by atoms with E-state index in [0.717, 1.165) is 11.0 Å². The van der Waals surface area contributed by atoms with Crippen LogP contribution in [0, 0.1) is 11.7 Å². The fraction of sp³-hybridized carbons (Fsp3) is 0.438. The van der Waals surface area contributed by atoms with Crippen LogP contribution in [0.3, 0.4) is 0 Å². The Morgan fingerprint density at radius 2 is 2.12 bits per heavy atom. The van der Waals surface area contributed by atoms with E-state index in [-0.39, 0.29) is 29.6 Å². The summed E-state index contributed by atoms with van der Waals surface area (Å²) < 4.78 is 13.8. The third kappa shape index (κ3) is 4.23. The molecule has 130 valence electrons. The Labute approximate surface area is 143 Å². The smallest absolute Gasteiger partial charge is 0.308 e. The summed E-state index contributed by atoms with van der Waals surface area (Å²) in [4.78, 5) is 38.1. The van der Waals surface area contributed by atoms with Gasteiger partial charge in [-0.05, 0) is 31.0 Å². The maximum Gasteiger partial charge on any atom is 0.308 e. The second-order valence-electron chi connectivity index (χ2n) is 5.80. The normalized spacial score (nSPS) is 17.5. The lowest BCUT2D eigenvalue weighted by atomic mass is 9.98. The molecule has 1 N–H and O–H groups in total. The van der Waals surface area contributed by atoms with Crippen LogP contribution in [-0.4, -0.2) is 59.4 Å². The number of carboxylic acid groups (broad SMARTS) is 1. The molecule has 1 aliphatic heterocycles. The summed E-state index contributed by atoms with van der Waals surface area (Å²) in [5.41, 5.74) is -0.170. The summed E-state index contributed by atoms with van der Waals surface area (Å²) in [6.07, 6.45) is 1.13. The van der Waals surface area contributed by atoms with E-state index in [9.17, 15) is 18.8 Å². The second kappa shape index (κ2) is 7.61. The highest BCUT2D eigenvalue weighted by Crippen LogP contribution is 2.18. The number of benzene rings is 1. The van der Waals surface area contributed by atoms with Crippen molar-refractivity contribution in [3.8, 4) is 0 Å². The number of nitrogens with zero attached hydrogens (tertiary/aromatic N) is 2. The lowest BCUT2D eigenvalue weighted by Crippen LogP contribution is -2.47. The van der Waals surface area contributed by atoms with Crippen LogP contribution in [0.1, 0.15) is 23.2 Å². The molecule has 0 radical (unpaired) electrons. The van der Waals surface area contributed by atoms with Crippen LogP contribution in [0.4, 0.5) is 4.39 Å². The van der Waals surface area contributed by atoms with E-state index in [1.165, 1.54) is 24.1 Å². The van der Waals surface area contributed by atoms with Crippen LogP contribution in [-0.2, 0) is 9.59 Å². The Morgan fingerprint density at radius 3 is 2.75 bits per heavy atom. The van der Waals surface area contributed by atoms with Crippen molar-refractivity contribution >= 4 is 29.4 Å². The molecular formula is C16H18ClFN2O4. The van der Waals surface area contributed by atoms with Gasteiger partial charge in [-0.1, -0.05) is 11.6 Å². The number of hydrogen-bond donors (Lipinski definition) is 1. The highest BCUT2D eigenvalue weighted by atomic mass is 35.5. The summed E-state index contributed by atoms with van der Waals surface area (Å²) >= 11 is 5.65. The van der Waals surface area contributed by atoms with Crippen molar-refractivity contribution in [1.29, 1.82) is 0 Å². The topological polar surface area (TPSA) is 77.9 Å². The summed E-state index contributed by atoms with van der Waals surface area (Å²) in [7, 11) is 1.40. The predicted molar refractivity (Wildman–Crippen MR) is 85.3 cm³/mol. The lowest BCUT2D eigenvalue weighted by molar-refractivity contribution is -0.145. The number of likely N-dealkylation sites (tertiary alicyclic amines) is 1. The number of aliphatic carboxylic acids is 1. The molecule has 1 fully saturated rings. The maximum atomic E-state index is 13.8. The predicted octanol–water partition coefficient (Wildman–Crippen LogP) is 1.87. The van der Waals surface area contributed by atoms with Gasteiger partial charge in [-0.25, -0.2) is 4.39 Å². The fourth-order valence-corrected chi connectivity index (χ4v) is 2.81. The summed E-state index contributed by atoms with van der Waals surface area (Å²) in [5.74, 6) is -3.26. The molecule has 1 saturated heterocycles. The van der Waals surface area contributed by atoms with Crippen LogP contribution in [0.25, 0.3) is 0 Å². The van der Waals surface area contributed by atoms with Gasteiger partial charge in [0, 0.05) is 25.2 Å². The van der Waals surface area contributed by atoms with Crippen LogP contribution < -0.4 is 0 Å². The first-order valence-electron chi connectivity index (χ1n) is 7.50. The minimum atomic E-state index is -0.930. The van der Waals surface area contributed by atoms with Gasteiger partial charge in [0.05, 0.1) is 18.0 Å². The molecule has 1 aromatic carbocycles. The number of rotatable bonds is 4. The average Bonchev–Trinajstić information content (AvgIpc) is 2.54. The summed E-state index contributed by atoms with van der Waals surface area (Å²) in [5, 5.41) is 9.23. The molecule has 2 amide bonds. The zero-order valence-corrected chi connectivity index (χ0v) is 13.9. The molecule has 0 saturated carbocycles. The average molecular weight is 357 g/mol. The van der Waals surface area contributed by atoms with E-state index in [4.69, 9.17) is 16.7 Å². The van der Waals surface area contributed by atoms with Crippen molar-refractivity contribution in [2.75, 3.05) is 26.7 Å². The minimum Gasteiger partial charge on any atom is -0.481 e. The zero-order valence-electron chi connectivity index (χ0n) is 13.2. The molecule has 6 nitrogen and oxygen atoms in total. The number of carboxylic acids is 1. The Morgan fingerprint density at radius 1 is 1.42 bits per heavy atom. The van der Waals surface area contributed by atoms with Gasteiger partial charge in [0.2, 0.25) is 5.91 Å². The Bertz CT molecular complexity index is 667. The maximum absolute atomic E-state index is 13.8. The number of carbonyl (C=O) groups is 3. The molecule has 24 heavy (non-hydrogen) atoms. The molecule has 0 aliphatic carbocycles. The number of piperidine rings is 1. The molecule has 0 aromatic heterocycles. The Balaban J connectivity index is 2.00. The highest BCUT2D eigenvalue weighted by Gasteiger charge is 2.29. The van der Waals surface area contributed by atoms with Gasteiger partial charge in [-0.15, -0.1) is 0 Å². The number of halogens is 2. The van der Waals surface area contributed by atoms with Gasteiger partial charge in [-0.3, -0.25) is 14.4 Å². The quantitative estimate of drug-likeness (QED) is 0.893. The highest BCUT2D eigenvalue weighted by molar-refractivity contribution is 6.30. The molecule has 0 bridgehead atoms. The van der Waals surface area contributed by atoms with Gasteiger partial charge < -0.3 is 14.9 Å². The summed E-state index contributed by atoms with van der Waals surface area (Å²) in [6.45, 7) is 0.346. The van der Waals surface area contributed by atoms with E-state index >= 15 is 0 Å². The van der Waals surface area contributed by atoms with E-state index in [1.54, 1.807) is 0 Å². The molecule has 1 aliphatic rings. The van der Waals surface area contributed by atoms with Crippen molar-refractivity contribution in [2.45, 2.75) is 12.8 Å². The Hall–Kier alpha value is -2.15. The molecule has 1 aromatic rings. The first-order valence-corrected chi connectivity index (χ1v) is 7.88. The summed E-state index contributed by atoms with van der Waals surface area (Å²) in [6, 6.07) is 3.70. The van der Waals surface area contributed by atoms with Crippen LogP contribution >= 0.6 is 11.6 Å². The zero-order chi connectivity index (χ0) is 17.9. The molecular weight excluding hydrogens is 339 g/mol. The number of amides is 2. The number of likely N-dealkylation sites (N-methyl/N-ethyl adjacent to an activating group) is 1. The lowest BCUT2D eigenvalue weighted by Gasteiger charge is -2.32. The van der Waals surface area contributed by atoms with Crippen molar-refractivity contribution in [1.82, 2.24) is 9.80 Å². The third-order valence-corrected chi connectivity index (χ3v) is 4.24. The number of hydrogen-bond acceptors (Lipinski definition) is 3. The van der Waals surface area contributed by atoms with Crippen LogP contribution in [0.5, 0.6) is 0 Å². The minimum absolute atomic E-state index is 0.130. The molecule has 1 unspecified atom stereocenters.